The van der Waals surface area contributed by atoms with Crippen LogP contribution in [-0.2, 0) is 23.4 Å². The second kappa shape index (κ2) is 12.2. The molecule has 1 rings (SSSR count). The van der Waals surface area contributed by atoms with Gasteiger partial charge in [-0.05, 0) is 43.7 Å². The molecule has 0 bridgehead atoms. The van der Waals surface area contributed by atoms with Crippen molar-refractivity contribution in [2.45, 2.75) is 72.4 Å². The van der Waals surface area contributed by atoms with Crippen LogP contribution in [-0.4, -0.2) is 42.5 Å². The Hall–Kier alpha value is -1.93. The Morgan fingerprint density at radius 1 is 1.00 bits per heavy atom. The summed E-state index contributed by atoms with van der Waals surface area (Å²) in [6.07, 6.45) is 0. The molecule has 176 valence electrons. The minimum atomic E-state index is -3.98. The highest BCUT2D eigenvalue weighted by atomic mass is 31.2. The monoisotopic (exact) mass is 458 g/mol. The highest BCUT2D eigenvalue weighted by molar-refractivity contribution is 7.54. The first-order valence-corrected chi connectivity index (χ1v) is 12.0. The van der Waals surface area contributed by atoms with Gasteiger partial charge in [0, 0.05) is 0 Å². The lowest BCUT2D eigenvalue weighted by Crippen LogP contribution is -2.42. The second-order valence-corrected chi connectivity index (χ2v) is 9.69. The number of hydrogen-bond acceptors (Lipinski definition) is 6. The number of carboxylic acid groups (broad SMARTS) is 1. The molecule has 0 saturated carbocycles. The van der Waals surface area contributed by atoms with Gasteiger partial charge in [-0.1, -0.05) is 45.9 Å². The van der Waals surface area contributed by atoms with Crippen molar-refractivity contribution in [3.05, 3.63) is 29.3 Å². The molecule has 3 atom stereocenters. The Morgan fingerprint density at radius 2 is 1.52 bits per heavy atom. The van der Waals surface area contributed by atoms with Crippen LogP contribution in [0.4, 0.5) is 0 Å². The van der Waals surface area contributed by atoms with Crippen molar-refractivity contribution in [3.8, 4) is 5.75 Å². The smallest absolute Gasteiger partial charge is 0.345 e. The molecule has 10 heteroatoms. The molecule has 9 nitrogen and oxygen atoms in total. The molecule has 0 radical (unpaired) electrons. The number of ether oxygens (including phenoxy) is 2. The van der Waals surface area contributed by atoms with E-state index in [9.17, 15) is 19.3 Å². The summed E-state index contributed by atoms with van der Waals surface area (Å²) in [5, 5.41) is 14.1. The zero-order valence-electron chi connectivity index (χ0n) is 19.3. The number of nitrogens with one attached hydrogen (secondary N) is 2. The van der Waals surface area contributed by atoms with Gasteiger partial charge in [-0.15, -0.1) is 0 Å². The lowest BCUT2D eigenvalue weighted by molar-refractivity contribution is -0.144. The predicted octanol–water partition coefficient (Wildman–Crippen LogP) is 4.00. The van der Waals surface area contributed by atoms with Crippen molar-refractivity contribution in [2.75, 3.05) is 13.4 Å². The topological polar surface area (TPSA) is 123 Å². The highest BCUT2D eigenvalue weighted by Gasteiger charge is 2.33. The molecule has 1 aromatic rings. The normalized spacial score (nSPS) is 15.4. The molecule has 3 N–H and O–H groups in total. The van der Waals surface area contributed by atoms with Crippen molar-refractivity contribution >= 4 is 19.6 Å². The van der Waals surface area contributed by atoms with E-state index in [4.69, 9.17) is 14.0 Å². The first kappa shape index (κ1) is 27.1. The Bertz CT molecular complexity index is 772. The first-order valence-electron chi connectivity index (χ1n) is 10.4. The van der Waals surface area contributed by atoms with Gasteiger partial charge in [0.2, 0.25) is 0 Å². The van der Waals surface area contributed by atoms with Gasteiger partial charge in [0.25, 0.3) is 0 Å². The van der Waals surface area contributed by atoms with Crippen molar-refractivity contribution in [1.29, 1.82) is 0 Å². The fraction of sp³-hybridized carbons (Fsp3) is 0.619. The van der Waals surface area contributed by atoms with E-state index in [0.717, 1.165) is 11.1 Å². The Kier molecular flexibility index (Phi) is 10.7. The Labute approximate surface area is 184 Å². The molecule has 0 heterocycles. The van der Waals surface area contributed by atoms with Crippen molar-refractivity contribution in [1.82, 2.24) is 10.2 Å². The van der Waals surface area contributed by atoms with E-state index in [-0.39, 0.29) is 18.4 Å². The number of carbonyl (C=O) groups is 2. The van der Waals surface area contributed by atoms with Crippen LogP contribution < -0.4 is 14.9 Å². The minimum absolute atomic E-state index is 0.155. The number of carboxylic acids is 1. The van der Waals surface area contributed by atoms with Crippen LogP contribution in [0.1, 0.15) is 71.4 Å². The van der Waals surface area contributed by atoms with Crippen LogP contribution >= 0.6 is 7.67 Å². The van der Waals surface area contributed by atoms with Crippen LogP contribution in [0.15, 0.2) is 18.2 Å². The molecule has 0 aromatic heterocycles. The molecule has 31 heavy (non-hydrogen) atoms. The summed E-state index contributed by atoms with van der Waals surface area (Å²) < 4.78 is 29.5. The van der Waals surface area contributed by atoms with Crippen LogP contribution in [0, 0.1) is 0 Å². The van der Waals surface area contributed by atoms with Crippen molar-refractivity contribution < 1.29 is 33.3 Å². The fourth-order valence-corrected chi connectivity index (χ4v) is 4.47. The number of benzene rings is 1. The van der Waals surface area contributed by atoms with Crippen LogP contribution in [0.25, 0.3) is 0 Å². The number of aliphatic carboxylic acids is 1. The maximum Gasteiger partial charge on any atom is 0.345 e. The standard InChI is InChI=1S/C21H35N2O7P/c1-8-28-21(26)16(7)23-31(27,22-15(6)20(24)25)30-12-29-19-17(13(2)3)10-9-11-18(19)14(4)5/h9-11,13-16H,8,12H2,1-7H3,(H,24,25)(H2,22,23,27). The fourth-order valence-electron chi connectivity index (χ4n) is 2.81. The molecule has 3 unspecified atom stereocenters. The molecular formula is C21H35N2O7P. The van der Waals surface area contributed by atoms with Crippen molar-refractivity contribution in [2.24, 2.45) is 0 Å². The summed E-state index contributed by atoms with van der Waals surface area (Å²) >= 11 is 0. The van der Waals surface area contributed by atoms with Gasteiger partial charge in [-0.3, -0.25) is 18.7 Å². The van der Waals surface area contributed by atoms with Gasteiger partial charge >= 0.3 is 19.6 Å². The molecular weight excluding hydrogens is 423 g/mol. The third kappa shape index (κ3) is 8.26. The van der Waals surface area contributed by atoms with Gasteiger partial charge < -0.3 is 14.6 Å². The molecule has 0 aliphatic rings. The van der Waals surface area contributed by atoms with Gasteiger partial charge in [0.05, 0.1) is 6.61 Å². The summed E-state index contributed by atoms with van der Waals surface area (Å²) in [5.74, 6) is -0.837. The number of esters is 1. The van der Waals surface area contributed by atoms with Gasteiger partial charge in [0.15, 0.2) is 6.79 Å². The molecule has 0 aliphatic heterocycles. The molecule has 1 aromatic carbocycles. The van der Waals surface area contributed by atoms with E-state index in [2.05, 4.69) is 10.2 Å². The lowest BCUT2D eigenvalue weighted by atomic mass is 9.94. The average molecular weight is 458 g/mol. The van der Waals surface area contributed by atoms with Crippen LogP contribution in [0.2, 0.25) is 0 Å². The van der Waals surface area contributed by atoms with E-state index in [1.165, 1.54) is 13.8 Å². The maximum atomic E-state index is 13.3. The van der Waals surface area contributed by atoms with Gasteiger partial charge in [-0.2, -0.15) is 0 Å². The van der Waals surface area contributed by atoms with Gasteiger partial charge in [0.1, 0.15) is 17.8 Å². The molecule has 0 saturated heterocycles. The van der Waals surface area contributed by atoms with Gasteiger partial charge in [-0.25, -0.2) is 10.2 Å². The third-order valence-corrected chi connectivity index (χ3v) is 6.42. The second-order valence-electron chi connectivity index (χ2n) is 7.81. The zero-order valence-corrected chi connectivity index (χ0v) is 20.2. The van der Waals surface area contributed by atoms with E-state index in [0.29, 0.717) is 5.75 Å². The summed E-state index contributed by atoms with van der Waals surface area (Å²) in [5.41, 5.74) is 1.95. The summed E-state index contributed by atoms with van der Waals surface area (Å²) in [6.45, 7) is 12.3. The van der Waals surface area contributed by atoms with E-state index in [1.54, 1.807) is 6.92 Å². The van der Waals surface area contributed by atoms with E-state index in [1.807, 2.05) is 45.9 Å². The number of para-hydroxylation sites is 1. The lowest BCUT2D eigenvalue weighted by Gasteiger charge is -2.26. The summed E-state index contributed by atoms with van der Waals surface area (Å²) in [4.78, 5) is 23.2. The first-order chi connectivity index (χ1) is 14.4. The number of carbonyl (C=O) groups excluding carboxylic acids is 1. The highest BCUT2D eigenvalue weighted by Crippen LogP contribution is 2.40. The number of rotatable bonds is 13. The van der Waals surface area contributed by atoms with Crippen LogP contribution in [0.3, 0.4) is 0 Å². The van der Waals surface area contributed by atoms with E-state index >= 15 is 0 Å². The Balaban J connectivity index is 3.06. The molecule has 0 aliphatic carbocycles. The largest absolute Gasteiger partial charge is 0.480 e. The minimum Gasteiger partial charge on any atom is -0.480 e. The summed E-state index contributed by atoms with van der Waals surface area (Å²) in [7, 11) is -3.98. The van der Waals surface area contributed by atoms with E-state index < -0.39 is 38.5 Å². The van der Waals surface area contributed by atoms with Crippen LogP contribution in [0.5, 0.6) is 5.75 Å². The molecule has 0 amide bonds. The third-order valence-electron chi connectivity index (χ3n) is 4.50. The SMILES string of the molecule is CCOC(=O)C(C)NP(=O)(NC(C)C(=O)O)OCOc1c(C(C)C)cccc1C(C)C. The quantitative estimate of drug-likeness (QED) is 0.229. The Morgan fingerprint density at radius 3 is 1.97 bits per heavy atom. The van der Waals surface area contributed by atoms with Crippen molar-refractivity contribution in [3.63, 3.8) is 0 Å². The predicted molar refractivity (Wildman–Crippen MR) is 118 cm³/mol. The number of hydrogen-bond donors (Lipinski definition) is 3. The molecule has 0 fully saturated rings. The summed E-state index contributed by atoms with van der Waals surface area (Å²) in [6, 6.07) is 3.69. The zero-order chi connectivity index (χ0) is 23.8. The molecule has 0 spiro atoms. The average Bonchev–Trinajstić information content (AvgIpc) is 2.67. The maximum absolute atomic E-state index is 13.3.